The van der Waals surface area contributed by atoms with Gasteiger partial charge in [0.1, 0.15) is 6.54 Å². The predicted molar refractivity (Wildman–Crippen MR) is 93.4 cm³/mol. The third-order valence-electron chi connectivity index (χ3n) is 3.18. The number of hydrogen-bond donors (Lipinski definition) is 1. The minimum atomic E-state index is -0.573. The molecule has 25 heavy (non-hydrogen) atoms. The van der Waals surface area contributed by atoms with Crippen molar-refractivity contribution in [3.63, 3.8) is 0 Å². The molecule has 0 saturated heterocycles. The zero-order chi connectivity index (χ0) is 17.6. The molecule has 6 nitrogen and oxygen atoms in total. The highest BCUT2D eigenvalue weighted by Gasteiger charge is 2.12. The molecule has 0 aliphatic heterocycles. The summed E-state index contributed by atoms with van der Waals surface area (Å²) in [4.78, 5) is 28.0. The van der Waals surface area contributed by atoms with E-state index in [1.54, 1.807) is 48.0 Å². The van der Waals surface area contributed by atoms with Crippen molar-refractivity contribution < 1.29 is 18.7 Å². The van der Waals surface area contributed by atoms with Crippen molar-refractivity contribution in [1.29, 1.82) is 0 Å². The van der Waals surface area contributed by atoms with Crippen molar-refractivity contribution >= 4 is 34.8 Å². The fraction of sp³-hybridized carbons (Fsp3) is 0.118. The van der Waals surface area contributed by atoms with E-state index in [9.17, 15) is 9.59 Å². The maximum atomic E-state index is 11.7. The normalized spacial score (nSPS) is 10.4. The van der Waals surface area contributed by atoms with Gasteiger partial charge in [0.25, 0.3) is 5.91 Å². The molecule has 0 spiro atoms. The molecule has 2 aromatic heterocycles. The second-order valence-corrected chi connectivity index (χ2v) is 6.33. The van der Waals surface area contributed by atoms with Crippen LogP contribution in [0, 0.1) is 0 Å². The zero-order valence-corrected chi connectivity index (χ0v) is 14.5. The molecule has 0 radical (unpaired) electrons. The number of nitrogens with zero attached hydrogens (tertiary/aromatic N) is 1. The Morgan fingerprint density at radius 3 is 2.76 bits per heavy atom. The van der Waals surface area contributed by atoms with Gasteiger partial charge in [-0.2, -0.15) is 0 Å². The summed E-state index contributed by atoms with van der Waals surface area (Å²) in [6.45, 7) is -0.331. The molecule has 1 aromatic carbocycles. The third-order valence-corrected chi connectivity index (χ3v) is 4.30. The van der Waals surface area contributed by atoms with Crippen LogP contribution in [0.5, 0.6) is 0 Å². The summed E-state index contributed by atoms with van der Waals surface area (Å²) in [5.74, 6) is -0.0687. The Balaban J connectivity index is 1.48. The van der Waals surface area contributed by atoms with Crippen molar-refractivity contribution in [3.05, 3.63) is 63.8 Å². The molecule has 1 N–H and O–H groups in total. The molecule has 0 fully saturated rings. The summed E-state index contributed by atoms with van der Waals surface area (Å²) in [5, 5.41) is 4.90. The Labute approximate surface area is 152 Å². The number of esters is 1. The third kappa shape index (κ3) is 4.68. The molecule has 3 aromatic rings. The van der Waals surface area contributed by atoms with Gasteiger partial charge in [0.05, 0.1) is 11.1 Å². The van der Waals surface area contributed by atoms with Crippen LogP contribution < -0.4 is 5.32 Å². The van der Waals surface area contributed by atoms with Crippen molar-refractivity contribution in [1.82, 2.24) is 10.3 Å². The number of aromatic nitrogens is 1. The Hall–Kier alpha value is -2.64. The average molecular weight is 377 g/mol. The molecule has 128 valence electrons. The molecule has 2 heterocycles. The summed E-state index contributed by atoms with van der Waals surface area (Å²) < 4.78 is 10.6. The van der Waals surface area contributed by atoms with Gasteiger partial charge in [-0.05, 0) is 35.7 Å². The lowest BCUT2D eigenvalue weighted by atomic mass is 10.2. The van der Waals surface area contributed by atoms with Crippen LogP contribution >= 0.6 is 22.9 Å². The van der Waals surface area contributed by atoms with Gasteiger partial charge in [-0.1, -0.05) is 17.7 Å². The number of hydrogen-bond acceptors (Lipinski definition) is 6. The van der Waals surface area contributed by atoms with Gasteiger partial charge < -0.3 is 14.5 Å². The first-order valence-electron chi connectivity index (χ1n) is 7.30. The molecule has 8 heteroatoms. The number of amides is 1. The molecule has 0 unspecified atom stereocenters. The number of oxazole rings is 1. The van der Waals surface area contributed by atoms with Gasteiger partial charge in [0.2, 0.25) is 5.89 Å². The van der Waals surface area contributed by atoms with E-state index in [1.165, 1.54) is 11.3 Å². The molecule has 3 rings (SSSR count). The molecule has 0 atom stereocenters. The lowest BCUT2D eigenvalue weighted by Crippen LogP contribution is -2.30. The highest BCUT2D eigenvalue weighted by molar-refractivity contribution is 7.12. The maximum Gasteiger partial charge on any atom is 0.325 e. The van der Waals surface area contributed by atoms with Crippen LogP contribution in [0.3, 0.4) is 0 Å². The van der Waals surface area contributed by atoms with Gasteiger partial charge in [-0.3, -0.25) is 9.59 Å². The van der Waals surface area contributed by atoms with Crippen LogP contribution in [0.15, 0.2) is 52.4 Å². The van der Waals surface area contributed by atoms with E-state index in [2.05, 4.69) is 10.3 Å². The van der Waals surface area contributed by atoms with Gasteiger partial charge in [-0.25, -0.2) is 4.98 Å². The number of halogens is 1. The first-order valence-corrected chi connectivity index (χ1v) is 8.55. The van der Waals surface area contributed by atoms with Crippen LogP contribution in [-0.4, -0.2) is 23.4 Å². The van der Waals surface area contributed by atoms with Crippen molar-refractivity contribution in [3.8, 4) is 11.3 Å². The smallest absolute Gasteiger partial charge is 0.325 e. The van der Waals surface area contributed by atoms with E-state index in [0.717, 1.165) is 5.56 Å². The van der Waals surface area contributed by atoms with Crippen LogP contribution in [0.4, 0.5) is 0 Å². The van der Waals surface area contributed by atoms with Gasteiger partial charge in [0.15, 0.2) is 12.4 Å². The Morgan fingerprint density at radius 2 is 2.04 bits per heavy atom. The second kappa shape index (κ2) is 7.96. The Kier molecular flexibility index (Phi) is 5.47. The van der Waals surface area contributed by atoms with Crippen molar-refractivity contribution in [2.75, 3.05) is 6.54 Å². The lowest BCUT2D eigenvalue weighted by Gasteiger charge is -2.04. The standard InChI is InChI=1S/C17H13ClN2O4S/c18-12-5-3-11(4-6-12)13-8-19-15(24-13)10-23-16(21)9-20-17(22)14-2-1-7-25-14/h1-8H,9-10H2,(H,20,22). The van der Waals surface area contributed by atoms with E-state index in [0.29, 0.717) is 15.7 Å². The largest absolute Gasteiger partial charge is 0.454 e. The minimum absolute atomic E-state index is 0.110. The van der Waals surface area contributed by atoms with E-state index in [4.69, 9.17) is 20.8 Å². The Bertz CT molecular complexity index is 859. The number of rotatable bonds is 6. The number of benzene rings is 1. The molecule has 0 bridgehead atoms. The van der Waals surface area contributed by atoms with Crippen LogP contribution in [-0.2, 0) is 16.1 Å². The molecule has 0 aliphatic carbocycles. The second-order valence-electron chi connectivity index (χ2n) is 4.95. The number of ether oxygens (including phenoxy) is 1. The summed E-state index contributed by atoms with van der Waals surface area (Å²) in [5.41, 5.74) is 0.817. The van der Waals surface area contributed by atoms with Crippen molar-refractivity contribution in [2.45, 2.75) is 6.61 Å². The average Bonchev–Trinajstić information content (AvgIpc) is 3.30. The predicted octanol–water partition coefficient (Wildman–Crippen LogP) is 3.53. The maximum absolute atomic E-state index is 11.7. The summed E-state index contributed by atoms with van der Waals surface area (Å²) in [6, 6.07) is 10.5. The lowest BCUT2D eigenvalue weighted by molar-refractivity contribution is -0.144. The number of carbonyl (C=O) groups excluding carboxylic acids is 2. The minimum Gasteiger partial charge on any atom is -0.454 e. The van der Waals surface area contributed by atoms with E-state index in [1.807, 2.05) is 0 Å². The quantitative estimate of drug-likeness (QED) is 0.665. The molecular weight excluding hydrogens is 364 g/mol. The monoisotopic (exact) mass is 376 g/mol. The molecular formula is C17H13ClN2O4S. The highest BCUT2D eigenvalue weighted by atomic mass is 35.5. The fourth-order valence-electron chi connectivity index (χ4n) is 1.97. The SMILES string of the molecule is O=C(CNC(=O)c1cccs1)OCc1ncc(-c2ccc(Cl)cc2)o1. The number of nitrogens with one attached hydrogen (secondary N) is 1. The summed E-state index contributed by atoms with van der Waals surface area (Å²) >= 11 is 7.14. The first-order chi connectivity index (χ1) is 12.1. The topological polar surface area (TPSA) is 81.4 Å². The first kappa shape index (κ1) is 17.2. The highest BCUT2D eigenvalue weighted by Crippen LogP contribution is 2.22. The Morgan fingerprint density at radius 1 is 1.24 bits per heavy atom. The van der Waals surface area contributed by atoms with E-state index in [-0.39, 0.29) is 24.9 Å². The molecule has 0 saturated carbocycles. The van der Waals surface area contributed by atoms with Crippen molar-refractivity contribution in [2.24, 2.45) is 0 Å². The summed E-state index contributed by atoms with van der Waals surface area (Å²) in [6.07, 6.45) is 1.55. The van der Waals surface area contributed by atoms with Gasteiger partial charge >= 0.3 is 5.97 Å². The van der Waals surface area contributed by atoms with Crippen LogP contribution in [0.1, 0.15) is 15.6 Å². The van der Waals surface area contributed by atoms with E-state index >= 15 is 0 Å². The summed E-state index contributed by atoms with van der Waals surface area (Å²) in [7, 11) is 0. The number of thiophene rings is 1. The number of carbonyl (C=O) groups is 2. The van der Waals surface area contributed by atoms with Crippen LogP contribution in [0.2, 0.25) is 5.02 Å². The molecule has 1 amide bonds. The van der Waals surface area contributed by atoms with Crippen LogP contribution in [0.25, 0.3) is 11.3 Å². The van der Waals surface area contributed by atoms with Gasteiger partial charge in [0, 0.05) is 10.6 Å². The molecule has 0 aliphatic rings. The van der Waals surface area contributed by atoms with E-state index < -0.39 is 5.97 Å². The zero-order valence-electron chi connectivity index (χ0n) is 12.9. The fourth-order valence-corrected chi connectivity index (χ4v) is 2.73. The van der Waals surface area contributed by atoms with Gasteiger partial charge in [-0.15, -0.1) is 11.3 Å².